The van der Waals surface area contributed by atoms with Crippen molar-refractivity contribution in [2.24, 2.45) is 0 Å². The van der Waals surface area contributed by atoms with Crippen LogP contribution >= 0.6 is 0 Å². The molecule has 28 heavy (non-hydrogen) atoms. The highest BCUT2D eigenvalue weighted by molar-refractivity contribution is 6.12. The van der Waals surface area contributed by atoms with Gasteiger partial charge in [0.25, 0.3) is 5.91 Å². The number of Topliss-reactive ketones (excluding diaryl/α,β-unsaturated/α-hetero) is 2. The van der Waals surface area contributed by atoms with Gasteiger partial charge in [0.2, 0.25) is 0 Å². The van der Waals surface area contributed by atoms with E-state index in [1.165, 1.54) is 18.7 Å². The smallest absolute Gasteiger partial charge is 0.259 e. The van der Waals surface area contributed by atoms with Crippen LogP contribution in [0.5, 0.6) is 0 Å². The summed E-state index contributed by atoms with van der Waals surface area (Å²) in [7, 11) is 1.97. The monoisotopic (exact) mass is 382 g/mol. The van der Waals surface area contributed by atoms with E-state index in [-0.39, 0.29) is 23.9 Å². The van der Waals surface area contributed by atoms with Gasteiger partial charge in [-0.1, -0.05) is 44.7 Å². The van der Waals surface area contributed by atoms with E-state index in [4.69, 9.17) is 0 Å². The molecule has 0 saturated carbocycles. The van der Waals surface area contributed by atoms with Crippen LogP contribution in [0.4, 0.5) is 0 Å². The van der Waals surface area contributed by atoms with E-state index in [1.54, 1.807) is 0 Å². The van der Waals surface area contributed by atoms with Gasteiger partial charge in [-0.2, -0.15) is 0 Å². The van der Waals surface area contributed by atoms with Crippen molar-refractivity contribution in [2.75, 3.05) is 7.05 Å². The van der Waals surface area contributed by atoms with Crippen LogP contribution in [0.3, 0.4) is 0 Å². The summed E-state index contributed by atoms with van der Waals surface area (Å²) in [5.41, 5.74) is 3.79. The van der Waals surface area contributed by atoms with E-state index in [0.29, 0.717) is 24.2 Å². The normalized spacial score (nSPS) is 14.1. The molecule has 5 heteroatoms. The van der Waals surface area contributed by atoms with Gasteiger partial charge in [0.05, 0.1) is 11.6 Å². The Labute approximate surface area is 167 Å². The van der Waals surface area contributed by atoms with E-state index in [2.05, 4.69) is 25.0 Å². The molecule has 0 aromatic heterocycles. The molecule has 1 aromatic rings. The lowest BCUT2D eigenvalue weighted by atomic mass is 10.0. The van der Waals surface area contributed by atoms with E-state index in [0.717, 1.165) is 29.7 Å². The molecule has 1 aliphatic heterocycles. The molecular weight excluding hydrogens is 352 g/mol. The van der Waals surface area contributed by atoms with Crippen LogP contribution in [0.25, 0.3) is 5.70 Å². The third-order valence-electron chi connectivity index (χ3n) is 5.22. The van der Waals surface area contributed by atoms with Gasteiger partial charge >= 0.3 is 0 Å². The highest BCUT2D eigenvalue weighted by Crippen LogP contribution is 2.37. The Hall–Kier alpha value is -2.69. The first-order valence-electron chi connectivity index (χ1n) is 9.72. The number of fused-ring (bicyclic) bond motifs is 1. The quantitative estimate of drug-likeness (QED) is 0.609. The van der Waals surface area contributed by atoms with Crippen LogP contribution in [0.2, 0.25) is 0 Å². The molecule has 1 unspecified atom stereocenters. The first kappa shape index (κ1) is 21.6. The summed E-state index contributed by atoms with van der Waals surface area (Å²) in [5, 5.41) is 0. The Morgan fingerprint density at radius 1 is 1.21 bits per heavy atom. The fourth-order valence-electron chi connectivity index (χ4n) is 3.63. The zero-order chi connectivity index (χ0) is 21.0. The number of allylic oxidation sites excluding steroid dienone is 1. The lowest BCUT2D eigenvalue weighted by molar-refractivity contribution is -0.121. The van der Waals surface area contributed by atoms with Crippen LogP contribution in [-0.4, -0.2) is 40.4 Å². The zero-order valence-electron chi connectivity index (χ0n) is 17.4. The van der Waals surface area contributed by atoms with Crippen molar-refractivity contribution in [3.63, 3.8) is 0 Å². The number of ketones is 2. The molecule has 5 nitrogen and oxygen atoms in total. The van der Waals surface area contributed by atoms with Crippen molar-refractivity contribution in [3.8, 4) is 0 Å². The average Bonchev–Trinajstić information content (AvgIpc) is 2.87. The summed E-state index contributed by atoms with van der Waals surface area (Å²) in [6.07, 6.45) is 2.47. The first-order valence-corrected chi connectivity index (χ1v) is 9.72. The molecule has 1 atom stereocenters. The van der Waals surface area contributed by atoms with Crippen LogP contribution in [0, 0.1) is 0 Å². The summed E-state index contributed by atoms with van der Waals surface area (Å²) in [4.78, 5) is 40.5. The van der Waals surface area contributed by atoms with Crippen molar-refractivity contribution in [1.29, 1.82) is 0 Å². The van der Waals surface area contributed by atoms with Gasteiger partial charge in [-0.15, -0.1) is 0 Å². The van der Waals surface area contributed by atoms with E-state index < -0.39 is 6.04 Å². The molecule has 150 valence electrons. The summed E-state index contributed by atoms with van der Waals surface area (Å²) in [5.74, 6) is -0.356. The number of hydrogen-bond acceptors (Lipinski definition) is 4. The van der Waals surface area contributed by atoms with E-state index in [9.17, 15) is 14.4 Å². The van der Waals surface area contributed by atoms with Crippen molar-refractivity contribution in [2.45, 2.75) is 59.0 Å². The Morgan fingerprint density at radius 3 is 2.46 bits per heavy atom. The molecule has 0 fully saturated rings. The van der Waals surface area contributed by atoms with E-state index in [1.807, 2.05) is 25.2 Å². The molecule has 0 N–H and O–H groups in total. The van der Waals surface area contributed by atoms with Gasteiger partial charge < -0.3 is 9.69 Å². The molecule has 2 rings (SSSR count). The van der Waals surface area contributed by atoms with Crippen molar-refractivity contribution in [1.82, 2.24) is 9.80 Å². The molecule has 0 saturated heterocycles. The second-order valence-corrected chi connectivity index (χ2v) is 7.50. The number of amides is 1. The van der Waals surface area contributed by atoms with Gasteiger partial charge in [-0.3, -0.25) is 14.5 Å². The predicted octanol–water partition coefficient (Wildman–Crippen LogP) is 4.19. The van der Waals surface area contributed by atoms with Gasteiger partial charge in [-0.25, -0.2) is 0 Å². The molecular formula is C23H30N2O3. The minimum Gasteiger partial charge on any atom is -0.374 e. The molecule has 1 aromatic carbocycles. The summed E-state index contributed by atoms with van der Waals surface area (Å²) in [6.45, 7) is 13.8. The number of rotatable bonds is 10. The van der Waals surface area contributed by atoms with Crippen LogP contribution < -0.4 is 0 Å². The van der Waals surface area contributed by atoms with Crippen LogP contribution in [0.15, 0.2) is 37.1 Å². The fraction of sp³-hybridized carbons (Fsp3) is 0.435. The number of carbonyl (C=O) groups excluding carboxylic acids is 3. The Balaban J connectivity index is 2.35. The Bertz CT molecular complexity index is 825. The van der Waals surface area contributed by atoms with Gasteiger partial charge in [0.15, 0.2) is 5.78 Å². The van der Waals surface area contributed by atoms with E-state index >= 15 is 0 Å². The molecule has 1 amide bonds. The Morgan fingerprint density at radius 2 is 1.89 bits per heavy atom. The number of benzene rings is 1. The number of carbonyl (C=O) groups is 3. The minimum absolute atomic E-state index is 0.00206. The molecule has 0 spiro atoms. The second-order valence-electron chi connectivity index (χ2n) is 7.50. The molecule has 0 radical (unpaired) electrons. The second kappa shape index (κ2) is 9.00. The highest BCUT2D eigenvalue weighted by Gasteiger charge is 2.39. The number of hydrogen-bond donors (Lipinski definition) is 0. The lowest BCUT2D eigenvalue weighted by Crippen LogP contribution is -2.40. The molecule has 1 aliphatic rings. The average molecular weight is 383 g/mol. The van der Waals surface area contributed by atoms with Crippen molar-refractivity contribution in [3.05, 3.63) is 53.7 Å². The van der Waals surface area contributed by atoms with Crippen LogP contribution in [0.1, 0.15) is 67.9 Å². The predicted molar refractivity (Wildman–Crippen MR) is 112 cm³/mol. The zero-order valence-corrected chi connectivity index (χ0v) is 17.4. The van der Waals surface area contributed by atoms with Crippen LogP contribution in [-0.2, 0) is 16.1 Å². The molecule has 0 aliphatic carbocycles. The fourth-order valence-corrected chi connectivity index (χ4v) is 3.63. The standard InChI is InChI=1S/C23H30N2O3/c1-7-9-15(2)24(6)14-19-10-8-11-20-17(4)25(23(28)22(19)20)21(18(5)27)13-12-16(3)26/h8,10-11,21H,2,4,7,9,12-14H2,1,3,5-6H3. The maximum Gasteiger partial charge on any atom is 0.259 e. The van der Waals surface area contributed by atoms with Crippen molar-refractivity contribution >= 4 is 23.2 Å². The summed E-state index contributed by atoms with van der Waals surface area (Å²) in [6, 6.07) is 5.03. The Kier molecular flexibility index (Phi) is 6.95. The summed E-state index contributed by atoms with van der Waals surface area (Å²) < 4.78 is 0. The van der Waals surface area contributed by atoms with Crippen molar-refractivity contribution < 1.29 is 14.4 Å². The van der Waals surface area contributed by atoms with Gasteiger partial charge in [0, 0.05) is 37.0 Å². The molecule has 1 heterocycles. The number of nitrogens with zero attached hydrogens (tertiary/aromatic N) is 2. The van der Waals surface area contributed by atoms with Gasteiger partial charge in [-0.05, 0) is 32.3 Å². The third-order valence-corrected chi connectivity index (χ3v) is 5.22. The minimum atomic E-state index is -0.670. The maximum atomic E-state index is 13.3. The third kappa shape index (κ3) is 4.41. The molecule has 0 bridgehead atoms. The lowest BCUT2D eigenvalue weighted by Gasteiger charge is -2.26. The first-order chi connectivity index (χ1) is 13.2. The van der Waals surface area contributed by atoms with Gasteiger partial charge in [0.1, 0.15) is 5.78 Å². The SMILES string of the molecule is C=C(CCC)N(C)Cc1cccc2c1C(=O)N(C(CCC(C)=O)C(C)=O)C2=C. The summed E-state index contributed by atoms with van der Waals surface area (Å²) >= 11 is 0. The topological polar surface area (TPSA) is 57.7 Å². The maximum absolute atomic E-state index is 13.3. The largest absolute Gasteiger partial charge is 0.374 e. The highest BCUT2D eigenvalue weighted by atomic mass is 16.2.